The molecule has 4 heterocycles. The van der Waals surface area contributed by atoms with E-state index in [-0.39, 0.29) is 90.4 Å². The maximum absolute atomic E-state index is 14.2. The van der Waals surface area contributed by atoms with Crippen molar-refractivity contribution in [1.82, 2.24) is 41.8 Å². The van der Waals surface area contributed by atoms with Crippen molar-refractivity contribution in [1.29, 1.82) is 5.26 Å². The van der Waals surface area contributed by atoms with Crippen LogP contribution in [0.2, 0.25) is 0 Å². The van der Waals surface area contributed by atoms with Crippen molar-refractivity contribution in [2.45, 2.75) is 99.2 Å². The van der Waals surface area contributed by atoms with Gasteiger partial charge in [-0.1, -0.05) is 12.1 Å². The van der Waals surface area contributed by atoms with Gasteiger partial charge in [-0.15, -0.1) is 0 Å². The molecule has 0 spiro atoms. The zero-order valence-corrected chi connectivity index (χ0v) is 45.1. The number of nitrogens with one attached hydrogen (secondary N) is 6. The van der Waals surface area contributed by atoms with E-state index in [1.54, 1.807) is 6.07 Å². The fourth-order valence-electron chi connectivity index (χ4n) is 10.5. The summed E-state index contributed by atoms with van der Waals surface area (Å²) in [4.78, 5) is 97.5. The van der Waals surface area contributed by atoms with E-state index in [4.69, 9.17) is 33.7 Å². The maximum atomic E-state index is 14.2. The van der Waals surface area contributed by atoms with Crippen molar-refractivity contribution in [2.75, 3.05) is 79.4 Å². The second-order valence-corrected chi connectivity index (χ2v) is 21.7. The molecular formula is C52H63N9O18S. The molecule has 3 saturated heterocycles. The number of carbonyl (C=O) groups is 7. The number of benzene rings is 2. The topological polar surface area (TPSA) is 382 Å². The van der Waals surface area contributed by atoms with E-state index in [9.17, 15) is 57.3 Å². The fraction of sp³-hybridized carbons (Fsp3) is 0.519. The van der Waals surface area contributed by atoms with Crippen LogP contribution in [0, 0.1) is 11.3 Å². The summed E-state index contributed by atoms with van der Waals surface area (Å²) in [6.07, 6.45) is -3.68. The number of amides is 5. The Hall–Kier alpha value is -7.20. The lowest BCUT2D eigenvalue weighted by Crippen LogP contribution is -2.55. The molecule has 1 aromatic heterocycles. The second kappa shape index (κ2) is 25.1. The molecule has 2 aliphatic carbocycles. The molecule has 5 amide bonds. The number of phenolic OH excluding ortho intramolecular Hbond substituents is 2. The van der Waals surface area contributed by atoms with Crippen molar-refractivity contribution in [3.8, 4) is 23.3 Å². The lowest BCUT2D eigenvalue weighted by Gasteiger charge is -2.43. The number of nitriles is 1. The molecule has 5 aliphatic rings. The summed E-state index contributed by atoms with van der Waals surface area (Å²) >= 11 is 0. The van der Waals surface area contributed by atoms with Crippen molar-refractivity contribution in [3.63, 3.8) is 0 Å². The third-order valence-electron chi connectivity index (χ3n) is 14.4. The van der Waals surface area contributed by atoms with Gasteiger partial charge in [0, 0.05) is 88.0 Å². The molecule has 430 valence electrons. The number of pyridine rings is 1. The van der Waals surface area contributed by atoms with Gasteiger partial charge in [0.05, 0.1) is 61.3 Å². The first kappa shape index (κ1) is 58.9. The molecule has 0 radical (unpaired) electrons. The molecule has 27 nitrogen and oxygen atoms in total. The molecule has 3 aliphatic heterocycles. The van der Waals surface area contributed by atoms with Crippen molar-refractivity contribution in [3.05, 3.63) is 75.0 Å². The SMILES string of the molecule is COc1cccc2c1C(=O)c1c(O)c3c(c(O)c1C2=O)C[C@@](O)(C(=O)NCCCNCCCNC(=O)CNC(=O)CNC(=O)CCNC(=O)c1ccc(C#N)c(S(C)(=O)=O)n1)C[C@@H]3O[C@H]1C[C@H]2[C@H](O[C@@H]3[C@@H](OC)OCCN32)[C@H](C)O1. The quantitative estimate of drug-likeness (QED) is 0.0319. The fourth-order valence-corrected chi connectivity index (χ4v) is 11.3. The number of fused-ring (bicyclic) bond motifs is 6. The van der Waals surface area contributed by atoms with Crippen molar-refractivity contribution < 1.29 is 85.7 Å². The van der Waals surface area contributed by atoms with Crippen LogP contribution < -0.4 is 36.6 Å². The summed E-state index contributed by atoms with van der Waals surface area (Å²) in [6, 6.07) is 8.19. The highest BCUT2D eigenvalue weighted by atomic mass is 32.2. The first-order valence-corrected chi connectivity index (χ1v) is 27.7. The van der Waals surface area contributed by atoms with Gasteiger partial charge >= 0.3 is 0 Å². The van der Waals surface area contributed by atoms with Crippen molar-refractivity contribution in [2.24, 2.45) is 0 Å². The Morgan fingerprint density at radius 3 is 2.27 bits per heavy atom. The number of carbonyl (C=O) groups excluding carboxylic acids is 7. The van der Waals surface area contributed by atoms with Crippen LogP contribution in [0.5, 0.6) is 17.2 Å². The van der Waals surface area contributed by atoms with Gasteiger partial charge in [0.25, 0.3) is 11.8 Å². The van der Waals surface area contributed by atoms with E-state index in [0.717, 1.165) is 12.3 Å². The Morgan fingerprint density at radius 2 is 1.57 bits per heavy atom. The summed E-state index contributed by atoms with van der Waals surface area (Å²) in [5.74, 6) is -6.14. The van der Waals surface area contributed by atoms with E-state index >= 15 is 0 Å². The zero-order chi connectivity index (χ0) is 57.6. The number of ether oxygens (including phenoxy) is 6. The average molecular weight is 1130 g/mol. The summed E-state index contributed by atoms with van der Waals surface area (Å²) in [6.45, 7) is 2.95. The highest BCUT2D eigenvalue weighted by molar-refractivity contribution is 7.90. The first-order chi connectivity index (χ1) is 38.2. The van der Waals surface area contributed by atoms with E-state index in [1.807, 2.05) is 6.92 Å². The molecule has 2 aromatic carbocycles. The predicted molar refractivity (Wildman–Crippen MR) is 275 cm³/mol. The Morgan fingerprint density at radius 1 is 0.875 bits per heavy atom. The van der Waals surface area contributed by atoms with Crippen LogP contribution in [0.3, 0.4) is 0 Å². The Balaban J connectivity index is 0.791. The monoisotopic (exact) mass is 1130 g/mol. The molecule has 80 heavy (non-hydrogen) atoms. The van der Waals surface area contributed by atoms with Gasteiger partial charge in [-0.3, -0.25) is 38.5 Å². The normalized spacial score (nSPS) is 23.9. The van der Waals surface area contributed by atoms with Gasteiger partial charge in [0.2, 0.25) is 23.5 Å². The molecule has 8 atom stereocenters. The second-order valence-electron chi connectivity index (χ2n) is 19.8. The Labute approximate surface area is 459 Å². The van der Waals surface area contributed by atoms with Crippen LogP contribution in [-0.2, 0) is 59.1 Å². The number of nitrogens with zero attached hydrogens (tertiary/aromatic N) is 3. The number of methoxy groups -OCH3 is 2. The van der Waals surface area contributed by atoms with Crippen LogP contribution in [0.1, 0.15) is 104 Å². The van der Waals surface area contributed by atoms with Gasteiger partial charge in [0.15, 0.2) is 39.5 Å². The minimum Gasteiger partial charge on any atom is -0.507 e. The number of aromatic nitrogens is 1. The number of hydrogen-bond donors (Lipinski definition) is 9. The summed E-state index contributed by atoms with van der Waals surface area (Å²) < 4.78 is 59.8. The number of hydrogen-bond acceptors (Lipinski definition) is 22. The number of aliphatic hydroxyl groups is 1. The van der Waals surface area contributed by atoms with E-state index in [1.165, 1.54) is 38.5 Å². The standard InChI is InChI=1S/C52H63N9O18S/c1-26-46-31(61-18-19-76-50(75-3)49(61)79-46)20-37(77-26)78-33-22-52(71,21-29-39(33)45(68)41-40(43(29)66)42(65)28-8-5-9-32(74-2)38(28)44(41)67)51(70)57-16-7-14-54-13-6-15-55-35(63)24-59-36(64)25-58-34(62)12-17-56-47(69)30-11-10-27(23-53)48(60-30)80(4,72)73/h5,8-11,26,31,33,37,46,49-50,54,66,68,71H,6-7,12-22,24-25H2,1-4H3,(H,55,63)(H,56,69)(H,57,70)(H,58,62)(H,59,64)/t26-,31-,33-,37-,46+,49+,50-,52-/m0/s1. The third-order valence-corrected chi connectivity index (χ3v) is 15.4. The van der Waals surface area contributed by atoms with Gasteiger partial charge in [-0.05, 0) is 51.1 Å². The first-order valence-electron chi connectivity index (χ1n) is 25.8. The Kier molecular flexibility index (Phi) is 18.5. The minimum absolute atomic E-state index is 0.0659. The largest absolute Gasteiger partial charge is 0.507 e. The highest BCUT2D eigenvalue weighted by Crippen LogP contribution is 2.53. The number of aromatic hydroxyl groups is 2. The summed E-state index contributed by atoms with van der Waals surface area (Å²) in [5.41, 5.74) is -4.10. The van der Waals surface area contributed by atoms with Gasteiger partial charge in [-0.25, -0.2) is 13.4 Å². The molecule has 0 saturated carbocycles. The summed E-state index contributed by atoms with van der Waals surface area (Å²) in [7, 11) is -1.04. The van der Waals surface area contributed by atoms with Crippen LogP contribution in [0.15, 0.2) is 35.4 Å². The van der Waals surface area contributed by atoms with Gasteiger partial charge in [0.1, 0.15) is 40.7 Å². The smallest absolute Gasteiger partial charge is 0.269 e. The molecule has 3 fully saturated rings. The average Bonchev–Trinajstić information content (AvgIpc) is 3.90. The van der Waals surface area contributed by atoms with Crippen LogP contribution in [0.4, 0.5) is 0 Å². The minimum atomic E-state index is -3.89. The number of rotatable bonds is 22. The van der Waals surface area contributed by atoms with Gasteiger partial charge in [-0.2, -0.15) is 5.26 Å². The maximum Gasteiger partial charge on any atom is 0.269 e. The number of phenols is 2. The molecule has 3 aromatic rings. The van der Waals surface area contributed by atoms with E-state index in [2.05, 4.69) is 41.8 Å². The Bertz CT molecular complexity index is 3100. The molecule has 28 heteroatoms. The molecule has 0 bridgehead atoms. The molecule has 0 unspecified atom stereocenters. The lowest BCUT2D eigenvalue weighted by molar-refractivity contribution is -0.256. The number of morpholine rings is 1. The molecule has 8 rings (SSSR count). The zero-order valence-electron chi connectivity index (χ0n) is 44.3. The number of ketones is 2. The molecular weight excluding hydrogens is 1070 g/mol. The van der Waals surface area contributed by atoms with Crippen LogP contribution in [0.25, 0.3) is 0 Å². The van der Waals surface area contributed by atoms with Crippen LogP contribution in [-0.4, -0.2) is 197 Å². The molecule has 9 N–H and O–H groups in total. The predicted octanol–water partition coefficient (Wildman–Crippen LogP) is -1.53. The number of sulfone groups is 1. The van der Waals surface area contributed by atoms with Gasteiger partial charge < -0.3 is 75.6 Å². The van der Waals surface area contributed by atoms with E-state index < -0.39 is 135 Å². The lowest BCUT2D eigenvalue weighted by atomic mass is 9.72. The van der Waals surface area contributed by atoms with Crippen molar-refractivity contribution >= 4 is 50.9 Å². The van der Waals surface area contributed by atoms with E-state index in [0.29, 0.717) is 39.1 Å². The third kappa shape index (κ3) is 12.5. The van der Waals surface area contributed by atoms with Crippen LogP contribution >= 0.6 is 0 Å². The highest BCUT2D eigenvalue weighted by Gasteiger charge is 2.55. The summed E-state index contributed by atoms with van der Waals surface area (Å²) in [5, 5.41) is 60.7.